The Morgan fingerprint density at radius 3 is 1.32 bits per heavy atom. The van der Waals surface area contributed by atoms with E-state index in [1.807, 2.05) is 0 Å². The average molecular weight is 938 g/mol. The van der Waals surface area contributed by atoms with E-state index in [0.29, 0.717) is 82.8 Å². The van der Waals surface area contributed by atoms with Gasteiger partial charge in [-0.05, 0) is 128 Å². The number of esters is 1. The summed E-state index contributed by atoms with van der Waals surface area (Å²) in [6.45, 7) is 0. The Bertz CT molecular complexity index is 2270. The van der Waals surface area contributed by atoms with Crippen molar-refractivity contribution in [3.63, 3.8) is 0 Å². The van der Waals surface area contributed by atoms with E-state index in [2.05, 4.69) is 82.7 Å². The fourth-order valence-corrected chi connectivity index (χ4v) is 30.0. The number of rotatable bonds is 6. The Balaban J connectivity index is 0.932. The Labute approximate surface area is 366 Å². The van der Waals surface area contributed by atoms with Crippen molar-refractivity contribution in [2.75, 3.05) is 0 Å². The summed E-state index contributed by atoms with van der Waals surface area (Å²) in [7, 11) is -5.93. The van der Waals surface area contributed by atoms with Crippen molar-refractivity contribution >= 4 is 86.7 Å². The van der Waals surface area contributed by atoms with Gasteiger partial charge in [-0.15, -0.1) is 0 Å². The summed E-state index contributed by atoms with van der Waals surface area (Å²) in [5.41, 5.74) is 3.30. The maximum absolute atomic E-state index is 15.7. The van der Waals surface area contributed by atoms with Gasteiger partial charge in [-0.1, -0.05) is 12.1 Å². The summed E-state index contributed by atoms with van der Waals surface area (Å²) in [5.74, 6) is -7.75. The highest BCUT2D eigenvalue weighted by molar-refractivity contribution is 8.04. The first-order valence-electron chi connectivity index (χ1n) is 21.6. The number of carbonyl (C=O) groups excluding carboxylic acids is 1. The summed E-state index contributed by atoms with van der Waals surface area (Å²) in [6.07, 6.45) is 10.5. The van der Waals surface area contributed by atoms with Gasteiger partial charge in [0.15, 0.2) is 11.6 Å². The van der Waals surface area contributed by atoms with Crippen molar-refractivity contribution < 1.29 is 40.1 Å². The van der Waals surface area contributed by atoms with Crippen LogP contribution in [0.15, 0.2) is 17.0 Å². The first-order valence-corrected chi connectivity index (χ1v) is 28.6. The molecule has 12 bridgehead atoms. The summed E-state index contributed by atoms with van der Waals surface area (Å²) in [5, 5.41) is 6.63. The van der Waals surface area contributed by atoms with Crippen LogP contribution in [0, 0.1) is 58.8 Å². The standard InChI is InChI=1S/C43H42F4O5S7/c44-34-36(46)42(59(49,50)51)37(47)35(45)38(34)52-43(48)27-14(16-10-25-29-19-2-5-22(54-19)32(29)40(16)57-25)7-12(13-9-24-28-18-1-4-21(53-18)31(28)39(13)56-24)8-15(27)17-11-26-30-20-3-6-23(55-20)33(30)41(17)58-26/h7-8,13,16-26,28-33,39-41H,1-6,9-11H2,(H,49,50,51)/p-1. The minimum Gasteiger partial charge on any atom is -0.744 e. The predicted molar refractivity (Wildman–Crippen MR) is 227 cm³/mol. The van der Waals surface area contributed by atoms with E-state index in [1.165, 1.54) is 44.1 Å². The molecule has 12 fully saturated rings. The molecule has 12 saturated heterocycles. The molecule has 0 aliphatic carbocycles. The van der Waals surface area contributed by atoms with Gasteiger partial charge in [0.25, 0.3) is 0 Å². The Morgan fingerprint density at radius 2 is 0.915 bits per heavy atom. The molecule has 0 radical (unpaired) electrons. The van der Waals surface area contributed by atoms with Crippen LogP contribution in [0.3, 0.4) is 0 Å². The van der Waals surface area contributed by atoms with Gasteiger partial charge in [0, 0.05) is 63.0 Å². The van der Waals surface area contributed by atoms with Crippen LogP contribution < -0.4 is 4.74 Å². The van der Waals surface area contributed by atoms with Crippen LogP contribution in [0.2, 0.25) is 0 Å². The molecule has 12 aliphatic rings. The van der Waals surface area contributed by atoms with Gasteiger partial charge in [0.2, 0.25) is 17.4 Å². The quantitative estimate of drug-likeness (QED) is 0.0914. The summed E-state index contributed by atoms with van der Waals surface area (Å²) >= 11 is 12.9. The van der Waals surface area contributed by atoms with E-state index < -0.39 is 50.0 Å². The number of halogens is 4. The van der Waals surface area contributed by atoms with E-state index in [9.17, 15) is 13.0 Å². The lowest BCUT2D eigenvalue weighted by molar-refractivity contribution is 0.0711. The van der Waals surface area contributed by atoms with E-state index in [-0.39, 0.29) is 27.9 Å². The Hall–Kier alpha value is -0.360. The van der Waals surface area contributed by atoms with Gasteiger partial charge >= 0.3 is 5.97 Å². The van der Waals surface area contributed by atoms with Gasteiger partial charge in [0.05, 0.1) is 5.56 Å². The number of hydrogen-bond donors (Lipinski definition) is 0. The molecule has 12 aliphatic heterocycles. The van der Waals surface area contributed by atoms with Crippen molar-refractivity contribution in [1.29, 1.82) is 0 Å². The SMILES string of the molecule is O=C(Oc1c(F)c(F)c(S(=O)(=O)[O-])c(F)c1F)c1c(C2CC3SC2C2C4CCC(S4)C32)cc(C2CC3SC2C2C4CCC(S4)C32)cc1C1CC2SC1C1C3CCC(S3)C21. The van der Waals surface area contributed by atoms with Crippen LogP contribution in [0.4, 0.5) is 17.6 Å². The second-order valence-corrected chi connectivity index (χ2v) is 29.6. The van der Waals surface area contributed by atoms with Crippen molar-refractivity contribution in [1.82, 2.24) is 0 Å². The second-order valence-electron chi connectivity index (χ2n) is 19.6. The normalized spacial score (nSPS) is 49.5. The topological polar surface area (TPSA) is 83.5 Å². The van der Waals surface area contributed by atoms with Gasteiger partial charge < -0.3 is 9.29 Å². The smallest absolute Gasteiger partial charge is 0.344 e. The molecule has 14 rings (SSSR count). The van der Waals surface area contributed by atoms with Crippen LogP contribution in [0.25, 0.3) is 0 Å². The molecule has 0 spiro atoms. The van der Waals surface area contributed by atoms with E-state index in [1.54, 1.807) is 0 Å². The highest BCUT2D eigenvalue weighted by atomic mass is 32.2. The fraction of sp³-hybridized carbons (Fsp3) is 0.698. The van der Waals surface area contributed by atoms with Crippen LogP contribution in [0.5, 0.6) is 5.75 Å². The average Bonchev–Trinajstić information content (AvgIpc) is 4.08. The molecule has 5 nitrogen and oxygen atoms in total. The molecule has 2 aromatic carbocycles. The molecular formula is C43H41F4O5S7-. The maximum Gasteiger partial charge on any atom is 0.344 e. The minimum atomic E-state index is -5.93. The lowest BCUT2D eigenvalue weighted by Gasteiger charge is -2.40. The van der Waals surface area contributed by atoms with Crippen LogP contribution >= 0.6 is 70.6 Å². The number of benzene rings is 2. The van der Waals surface area contributed by atoms with Crippen LogP contribution in [0.1, 0.15) is 103 Å². The summed E-state index contributed by atoms with van der Waals surface area (Å²) in [4.78, 5) is 12.8. The number of hydrogen-bond acceptors (Lipinski definition) is 11. The van der Waals surface area contributed by atoms with Crippen molar-refractivity contribution in [3.05, 3.63) is 57.7 Å². The molecular weight excluding hydrogens is 897 g/mol. The van der Waals surface area contributed by atoms with Crippen molar-refractivity contribution in [2.45, 2.75) is 143 Å². The number of fused-ring (bicyclic) bond motifs is 27. The minimum absolute atomic E-state index is 0.0117. The highest BCUT2D eigenvalue weighted by Gasteiger charge is 2.67. The van der Waals surface area contributed by atoms with Gasteiger partial charge in [0.1, 0.15) is 15.0 Å². The third-order valence-corrected chi connectivity index (χ3v) is 29.2. The molecule has 16 heteroatoms. The number of carbonyl (C=O) groups is 1. The van der Waals surface area contributed by atoms with E-state index >= 15 is 22.4 Å². The highest BCUT2D eigenvalue weighted by Crippen LogP contribution is 2.74. The predicted octanol–water partition coefficient (Wildman–Crippen LogP) is 9.81. The van der Waals surface area contributed by atoms with Crippen LogP contribution in [-0.4, -0.2) is 81.9 Å². The largest absolute Gasteiger partial charge is 0.744 e. The summed E-state index contributed by atoms with van der Waals surface area (Å²) in [6, 6.07) is 4.53. The molecule has 12 heterocycles. The lowest BCUT2D eigenvalue weighted by Crippen LogP contribution is -2.41. The van der Waals surface area contributed by atoms with Gasteiger partial charge in [-0.3, -0.25) is 0 Å². The van der Waals surface area contributed by atoms with E-state index in [4.69, 9.17) is 4.74 Å². The molecule has 21 unspecified atom stereocenters. The molecule has 2 aromatic rings. The van der Waals surface area contributed by atoms with Crippen molar-refractivity contribution in [3.8, 4) is 5.75 Å². The van der Waals surface area contributed by atoms with Crippen LogP contribution in [-0.2, 0) is 10.1 Å². The third kappa shape index (κ3) is 5.01. The first kappa shape index (κ1) is 38.0. The molecule has 21 atom stereocenters. The summed E-state index contributed by atoms with van der Waals surface area (Å²) < 4.78 is 102. The molecule has 0 amide bonds. The third-order valence-electron chi connectivity index (χ3n) is 17.5. The Kier molecular flexibility index (Phi) is 8.31. The van der Waals surface area contributed by atoms with Crippen molar-refractivity contribution in [2.24, 2.45) is 35.5 Å². The maximum atomic E-state index is 15.7. The van der Waals surface area contributed by atoms with Gasteiger partial charge in [-0.25, -0.2) is 22.0 Å². The monoisotopic (exact) mass is 937 g/mol. The van der Waals surface area contributed by atoms with E-state index in [0.717, 1.165) is 41.6 Å². The second kappa shape index (κ2) is 12.9. The number of ether oxygens (including phenoxy) is 1. The lowest BCUT2D eigenvalue weighted by atomic mass is 9.62. The fourth-order valence-electron chi connectivity index (χ4n) is 15.8. The zero-order chi connectivity index (χ0) is 39.7. The van der Waals surface area contributed by atoms with Gasteiger partial charge in [-0.2, -0.15) is 79.4 Å². The molecule has 0 N–H and O–H groups in total. The zero-order valence-corrected chi connectivity index (χ0v) is 37.3. The molecule has 0 saturated carbocycles. The first-order chi connectivity index (χ1) is 28.4. The molecule has 314 valence electrons. The molecule has 0 aromatic heterocycles. The zero-order valence-electron chi connectivity index (χ0n) is 31.6. The molecule has 59 heavy (non-hydrogen) atoms. The number of thioether (sulfide) groups is 6. The Morgan fingerprint density at radius 1 is 0.542 bits per heavy atom.